The molecule has 0 saturated heterocycles. The summed E-state index contributed by atoms with van der Waals surface area (Å²) < 4.78 is 6.22. The SMILES string of the molecule is CCCCCCCCCCCCCCCCOc1ccc(N=Nc2ccc(N=Nc3ccccc3)cc2)c2ccccc12. The Balaban J connectivity index is 1.17. The number of benzene rings is 4. The molecule has 226 valence electrons. The molecule has 43 heavy (non-hydrogen) atoms. The molecule has 4 aromatic rings. The monoisotopic (exact) mass is 576 g/mol. The Morgan fingerprint density at radius 2 is 0.884 bits per heavy atom. The lowest BCUT2D eigenvalue weighted by Gasteiger charge is -2.11. The first kappa shape index (κ1) is 32.1. The van der Waals surface area contributed by atoms with Gasteiger partial charge in [-0.3, -0.25) is 0 Å². The highest BCUT2D eigenvalue weighted by molar-refractivity contribution is 5.96. The van der Waals surface area contributed by atoms with E-state index in [1.54, 1.807) is 0 Å². The smallest absolute Gasteiger partial charge is 0.127 e. The van der Waals surface area contributed by atoms with Gasteiger partial charge in [-0.05, 0) is 55.0 Å². The summed E-state index contributed by atoms with van der Waals surface area (Å²) in [5.41, 5.74) is 3.19. The normalized spacial score (nSPS) is 11.7. The van der Waals surface area contributed by atoms with Crippen molar-refractivity contribution in [2.75, 3.05) is 6.61 Å². The molecular formula is C38H48N4O. The van der Waals surface area contributed by atoms with Crippen LogP contribution < -0.4 is 4.74 Å². The van der Waals surface area contributed by atoms with Crippen molar-refractivity contribution in [2.45, 2.75) is 96.8 Å². The number of nitrogens with zero attached hydrogens (tertiary/aromatic N) is 4. The lowest BCUT2D eigenvalue weighted by atomic mass is 10.0. The molecule has 0 unspecified atom stereocenters. The van der Waals surface area contributed by atoms with Gasteiger partial charge < -0.3 is 4.74 Å². The van der Waals surface area contributed by atoms with Crippen LogP contribution in [-0.2, 0) is 0 Å². The van der Waals surface area contributed by atoms with Crippen LogP contribution in [0.2, 0.25) is 0 Å². The summed E-state index contributed by atoms with van der Waals surface area (Å²) in [5.74, 6) is 0.914. The standard InChI is InChI=1S/C38H48N4O/c1-2-3-4-5-6-7-8-9-10-11-12-13-14-20-31-43-38-30-29-37(35-23-18-19-24-36(35)38)42-41-34-27-25-33(26-28-34)40-39-32-21-16-15-17-22-32/h15-19,21-30H,2-14,20,31H2,1H3. The highest BCUT2D eigenvalue weighted by Crippen LogP contribution is 2.34. The van der Waals surface area contributed by atoms with E-state index < -0.39 is 0 Å². The van der Waals surface area contributed by atoms with Gasteiger partial charge in [0.15, 0.2) is 0 Å². The first-order valence-corrected chi connectivity index (χ1v) is 16.5. The third-order valence-corrected chi connectivity index (χ3v) is 7.78. The second kappa shape index (κ2) is 19.4. The van der Waals surface area contributed by atoms with Gasteiger partial charge in [0.25, 0.3) is 0 Å². The maximum atomic E-state index is 6.22. The maximum Gasteiger partial charge on any atom is 0.127 e. The first-order chi connectivity index (χ1) is 21.3. The molecule has 0 radical (unpaired) electrons. The molecule has 0 heterocycles. The summed E-state index contributed by atoms with van der Waals surface area (Å²) in [6.07, 6.45) is 19.0. The quantitative estimate of drug-likeness (QED) is 0.0762. The van der Waals surface area contributed by atoms with Gasteiger partial charge in [-0.25, -0.2) is 0 Å². The van der Waals surface area contributed by atoms with Crippen molar-refractivity contribution in [2.24, 2.45) is 20.5 Å². The molecular weight excluding hydrogens is 528 g/mol. The summed E-state index contributed by atoms with van der Waals surface area (Å²) >= 11 is 0. The summed E-state index contributed by atoms with van der Waals surface area (Å²) in [7, 11) is 0. The predicted molar refractivity (Wildman–Crippen MR) is 181 cm³/mol. The number of hydrogen-bond donors (Lipinski definition) is 0. The van der Waals surface area contributed by atoms with Crippen LogP contribution in [0.5, 0.6) is 5.75 Å². The van der Waals surface area contributed by atoms with Crippen molar-refractivity contribution in [3.63, 3.8) is 0 Å². The van der Waals surface area contributed by atoms with Crippen LogP contribution in [0.4, 0.5) is 22.7 Å². The fourth-order valence-electron chi connectivity index (χ4n) is 5.26. The molecule has 5 nitrogen and oxygen atoms in total. The Labute approximate surface area is 258 Å². The minimum Gasteiger partial charge on any atom is -0.493 e. The predicted octanol–water partition coefficient (Wildman–Crippen LogP) is 13.5. The lowest BCUT2D eigenvalue weighted by Crippen LogP contribution is -1.98. The maximum absolute atomic E-state index is 6.22. The number of rotatable bonds is 20. The van der Waals surface area contributed by atoms with Gasteiger partial charge in [0.05, 0.1) is 29.4 Å². The Kier molecular flexibility index (Phi) is 14.4. The van der Waals surface area contributed by atoms with Crippen LogP contribution >= 0.6 is 0 Å². The summed E-state index contributed by atoms with van der Waals surface area (Å²) in [4.78, 5) is 0. The molecule has 0 saturated carbocycles. The molecule has 0 bridgehead atoms. The Morgan fingerprint density at radius 1 is 0.419 bits per heavy atom. The van der Waals surface area contributed by atoms with Gasteiger partial charge in [0.1, 0.15) is 5.75 Å². The van der Waals surface area contributed by atoms with Crippen molar-refractivity contribution in [1.29, 1.82) is 0 Å². The zero-order valence-corrected chi connectivity index (χ0v) is 26.0. The van der Waals surface area contributed by atoms with E-state index in [2.05, 4.69) is 39.5 Å². The molecule has 0 amide bonds. The highest BCUT2D eigenvalue weighted by Gasteiger charge is 2.07. The Morgan fingerprint density at radius 3 is 1.47 bits per heavy atom. The van der Waals surface area contributed by atoms with Gasteiger partial charge in [0.2, 0.25) is 0 Å². The fourth-order valence-corrected chi connectivity index (χ4v) is 5.26. The molecule has 4 rings (SSSR count). The lowest BCUT2D eigenvalue weighted by molar-refractivity contribution is 0.307. The number of azo groups is 2. The van der Waals surface area contributed by atoms with Crippen molar-refractivity contribution < 1.29 is 4.74 Å². The highest BCUT2D eigenvalue weighted by atomic mass is 16.5. The average Bonchev–Trinajstić information content (AvgIpc) is 3.06. The zero-order chi connectivity index (χ0) is 29.8. The van der Waals surface area contributed by atoms with Crippen molar-refractivity contribution in [1.82, 2.24) is 0 Å². The second-order valence-electron chi connectivity index (χ2n) is 11.3. The van der Waals surface area contributed by atoms with E-state index in [0.717, 1.165) is 52.3 Å². The van der Waals surface area contributed by atoms with E-state index >= 15 is 0 Å². The van der Waals surface area contributed by atoms with Gasteiger partial charge in [-0.15, -0.1) is 5.11 Å². The summed E-state index contributed by atoms with van der Waals surface area (Å²) in [6.45, 7) is 3.03. The van der Waals surface area contributed by atoms with Gasteiger partial charge >= 0.3 is 0 Å². The molecule has 0 fully saturated rings. The summed E-state index contributed by atoms with van der Waals surface area (Å²) in [5, 5.41) is 19.7. The number of hydrogen-bond acceptors (Lipinski definition) is 5. The van der Waals surface area contributed by atoms with E-state index in [1.165, 1.54) is 83.5 Å². The Hall–Kier alpha value is -3.86. The van der Waals surface area contributed by atoms with Crippen molar-refractivity contribution in [3.05, 3.63) is 91.0 Å². The second-order valence-corrected chi connectivity index (χ2v) is 11.3. The van der Waals surface area contributed by atoms with E-state index in [1.807, 2.05) is 78.9 Å². The molecule has 4 aromatic carbocycles. The molecule has 5 heteroatoms. The minimum atomic E-state index is 0.747. The number of unbranched alkanes of at least 4 members (excludes halogenated alkanes) is 13. The molecule has 0 aliphatic carbocycles. The Bertz CT molecular complexity index is 1380. The third kappa shape index (κ3) is 11.7. The fraction of sp³-hybridized carbons (Fsp3) is 0.421. The topological polar surface area (TPSA) is 58.7 Å². The zero-order valence-electron chi connectivity index (χ0n) is 26.0. The van der Waals surface area contributed by atoms with Crippen LogP contribution in [0, 0.1) is 0 Å². The van der Waals surface area contributed by atoms with E-state index in [9.17, 15) is 0 Å². The minimum absolute atomic E-state index is 0.747. The molecule has 0 N–H and O–H groups in total. The van der Waals surface area contributed by atoms with Gasteiger partial charge in [-0.1, -0.05) is 133 Å². The van der Waals surface area contributed by atoms with E-state index in [4.69, 9.17) is 4.74 Å². The van der Waals surface area contributed by atoms with E-state index in [0.29, 0.717) is 0 Å². The number of fused-ring (bicyclic) bond motifs is 1. The summed E-state index contributed by atoms with van der Waals surface area (Å²) in [6, 6.07) is 29.6. The van der Waals surface area contributed by atoms with Crippen LogP contribution in [-0.4, -0.2) is 6.61 Å². The third-order valence-electron chi connectivity index (χ3n) is 7.78. The van der Waals surface area contributed by atoms with Crippen LogP contribution in [0.15, 0.2) is 111 Å². The largest absolute Gasteiger partial charge is 0.493 e. The number of ether oxygens (including phenoxy) is 1. The van der Waals surface area contributed by atoms with E-state index in [-0.39, 0.29) is 0 Å². The first-order valence-electron chi connectivity index (χ1n) is 16.5. The van der Waals surface area contributed by atoms with Gasteiger partial charge in [0, 0.05) is 10.8 Å². The molecule has 0 aliphatic rings. The average molecular weight is 577 g/mol. The molecule has 0 aromatic heterocycles. The molecule has 0 atom stereocenters. The van der Waals surface area contributed by atoms with Crippen LogP contribution in [0.3, 0.4) is 0 Å². The van der Waals surface area contributed by atoms with Crippen LogP contribution in [0.1, 0.15) is 96.8 Å². The van der Waals surface area contributed by atoms with Gasteiger partial charge in [-0.2, -0.15) is 15.3 Å². The van der Waals surface area contributed by atoms with Crippen LogP contribution in [0.25, 0.3) is 10.8 Å². The molecule has 0 aliphatic heterocycles. The van der Waals surface area contributed by atoms with Crippen molar-refractivity contribution in [3.8, 4) is 5.75 Å². The molecule has 0 spiro atoms. The van der Waals surface area contributed by atoms with Crippen molar-refractivity contribution >= 4 is 33.5 Å².